The van der Waals surface area contributed by atoms with Crippen molar-refractivity contribution in [3.63, 3.8) is 0 Å². The Morgan fingerprint density at radius 2 is 2.17 bits per heavy atom. The summed E-state index contributed by atoms with van der Waals surface area (Å²) >= 11 is 1.78. The lowest BCUT2D eigenvalue weighted by molar-refractivity contribution is -0.141. The standard InChI is InChI=1S/C22H31N5O2S/c1-30-15-22(8-4-20(13-22)24-18-6-10-29-11-7-18)21(28)27-9-5-16-2-3-19(25-26-23)12-17(16)14-27/h2-3,12,18,20,24H,4-11,13-15H2,1H3/t20-,22+/m1/s1. The Hall–Kier alpha value is -1.73. The number of hydrogen-bond acceptors (Lipinski definition) is 5. The molecule has 0 radical (unpaired) electrons. The molecule has 1 aliphatic carbocycles. The zero-order valence-electron chi connectivity index (χ0n) is 17.7. The number of carbonyl (C=O) groups is 1. The fourth-order valence-corrected chi connectivity index (χ4v) is 6.23. The highest BCUT2D eigenvalue weighted by Gasteiger charge is 2.47. The smallest absolute Gasteiger partial charge is 0.229 e. The largest absolute Gasteiger partial charge is 0.381 e. The molecular formula is C22H31N5O2S. The van der Waals surface area contributed by atoms with E-state index in [4.69, 9.17) is 10.3 Å². The number of rotatable bonds is 6. The first-order valence-corrected chi connectivity index (χ1v) is 12.3. The molecule has 7 nitrogen and oxygen atoms in total. The summed E-state index contributed by atoms with van der Waals surface area (Å²) in [6.07, 6.45) is 8.03. The average Bonchev–Trinajstić information content (AvgIpc) is 3.17. The number of amides is 1. The second kappa shape index (κ2) is 9.60. The van der Waals surface area contributed by atoms with Crippen molar-refractivity contribution in [1.82, 2.24) is 10.2 Å². The number of nitrogens with zero attached hydrogens (tertiary/aromatic N) is 4. The monoisotopic (exact) mass is 429 g/mol. The molecule has 8 heteroatoms. The zero-order valence-corrected chi connectivity index (χ0v) is 18.5. The van der Waals surface area contributed by atoms with Crippen LogP contribution in [0.4, 0.5) is 5.69 Å². The van der Waals surface area contributed by atoms with E-state index in [0.717, 1.165) is 69.6 Å². The van der Waals surface area contributed by atoms with Gasteiger partial charge in [-0.25, -0.2) is 0 Å². The number of fused-ring (bicyclic) bond motifs is 1. The van der Waals surface area contributed by atoms with Crippen molar-refractivity contribution in [1.29, 1.82) is 0 Å². The minimum absolute atomic E-state index is 0.276. The molecular weight excluding hydrogens is 398 g/mol. The van der Waals surface area contributed by atoms with E-state index in [2.05, 4.69) is 21.6 Å². The van der Waals surface area contributed by atoms with Crippen molar-refractivity contribution < 1.29 is 9.53 Å². The first-order valence-electron chi connectivity index (χ1n) is 10.9. The van der Waals surface area contributed by atoms with Gasteiger partial charge < -0.3 is 15.0 Å². The molecule has 2 heterocycles. The first-order chi connectivity index (χ1) is 14.6. The van der Waals surface area contributed by atoms with E-state index in [1.807, 2.05) is 23.1 Å². The predicted octanol–water partition coefficient (Wildman–Crippen LogP) is 4.18. The van der Waals surface area contributed by atoms with Gasteiger partial charge in [0, 0.05) is 54.7 Å². The van der Waals surface area contributed by atoms with Gasteiger partial charge in [-0.2, -0.15) is 11.8 Å². The molecule has 4 rings (SSSR count). The second-order valence-electron chi connectivity index (χ2n) is 8.83. The summed E-state index contributed by atoms with van der Waals surface area (Å²) in [5, 5.41) is 7.55. The molecule has 2 aliphatic heterocycles. The Morgan fingerprint density at radius 1 is 1.33 bits per heavy atom. The van der Waals surface area contributed by atoms with E-state index in [9.17, 15) is 4.79 Å². The summed E-state index contributed by atoms with van der Waals surface area (Å²) in [5.41, 5.74) is 11.4. The van der Waals surface area contributed by atoms with E-state index >= 15 is 0 Å². The van der Waals surface area contributed by atoms with E-state index < -0.39 is 0 Å². The van der Waals surface area contributed by atoms with E-state index in [1.54, 1.807) is 11.8 Å². The van der Waals surface area contributed by atoms with E-state index in [-0.39, 0.29) is 5.41 Å². The van der Waals surface area contributed by atoms with Crippen LogP contribution in [0, 0.1) is 5.41 Å². The lowest BCUT2D eigenvalue weighted by atomic mass is 9.85. The summed E-state index contributed by atoms with van der Waals surface area (Å²) in [5.74, 6) is 1.17. The van der Waals surface area contributed by atoms with Gasteiger partial charge in [0.2, 0.25) is 5.91 Å². The average molecular weight is 430 g/mol. The molecule has 2 atom stereocenters. The van der Waals surface area contributed by atoms with Crippen molar-refractivity contribution in [2.24, 2.45) is 10.5 Å². The number of thioether (sulfide) groups is 1. The Morgan fingerprint density at radius 3 is 2.93 bits per heavy atom. The van der Waals surface area contributed by atoms with Gasteiger partial charge in [-0.3, -0.25) is 4.79 Å². The summed E-state index contributed by atoms with van der Waals surface area (Å²) in [6, 6.07) is 6.75. The highest BCUT2D eigenvalue weighted by Crippen LogP contribution is 2.43. The van der Waals surface area contributed by atoms with Crippen LogP contribution in [0.3, 0.4) is 0 Å². The molecule has 0 aromatic heterocycles. The van der Waals surface area contributed by atoms with Crippen LogP contribution < -0.4 is 5.32 Å². The second-order valence-corrected chi connectivity index (χ2v) is 9.69. The third-order valence-electron chi connectivity index (χ3n) is 6.83. The maximum atomic E-state index is 13.8. The molecule has 3 aliphatic rings. The topological polar surface area (TPSA) is 90.3 Å². The van der Waals surface area contributed by atoms with E-state index in [0.29, 0.717) is 30.2 Å². The van der Waals surface area contributed by atoms with Crippen LogP contribution in [0.25, 0.3) is 10.4 Å². The van der Waals surface area contributed by atoms with Crippen LogP contribution >= 0.6 is 11.8 Å². The van der Waals surface area contributed by atoms with Gasteiger partial charge in [-0.05, 0) is 67.5 Å². The highest BCUT2D eigenvalue weighted by molar-refractivity contribution is 7.98. The van der Waals surface area contributed by atoms with Crippen LogP contribution in [0.2, 0.25) is 0 Å². The van der Waals surface area contributed by atoms with Crippen molar-refractivity contribution in [3.8, 4) is 0 Å². The number of carbonyl (C=O) groups excluding carboxylic acids is 1. The number of hydrogen-bond donors (Lipinski definition) is 1. The molecule has 0 unspecified atom stereocenters. The molecule has 1 saturated heterocycles. The maximum absolute atomic E-state index is 13.8. The normalized spacial score (nSPS) is 26.8. The summed E-state index contributed by atoms with van der Waals surface area (Å²) < 4.78 is 5.48. The van der Waals surface area contributed by atoms with Gasteiger partial charge in [0.05, 0.1) is 5.41 Å². The third-order valence-corrected chi connectivity index (χ3v) is 7.67. The van der Waals surface area contributed by atoms with Crippen LogP contribution in [-0.4, -0.2) is 54.7 Å². The number of benzene rings is 1. The lowest BCUT2D eigenvalue weighted by Gasteiger charge is -2.37. The third kappa shape index (κ3) is 4.62. The molecule has 2 fully saturated rings. The summed E-state index contributed by atoms with van der Waals surface area (Å²) in [6.45, 7) is 3.05. The fourth-order valence-electron chi connectivity index (χ4n) is 5.30. The fraction of sp³-hybridized carbons (Fsp3) is 0.682. The highest BCUT2D eigenvalue weighted by atomic mass is 32.2. The first kappa shape index (κ1) is 21.5. The Kier molecular flexibility index (Phi) is 6.88. The Bertz CT molecular complexity index is 822. The van der Waals surface area contributed by atoms with Crippen LogP contribution in [0.1, 0.15) is 43.2 Å². The molecule has 1 amide bonds. The summed E-state index contributed by atoms with van der Waals surface area (Å²) in [7, 11) is 0. The van der Waals surface area contributed by atoms with Crippen LogP contribution in [0.5, 0.6) is 0 Å². The maximum Gasteiger partial charge on any atom is 0.229 e. The molecule has 0 bridgehead atoms. The number of nitrogens with one attached hydrogen (secondary N) is 1. The summed E-state index contributed by atoms with van der Waals surface area (Å²) in [4.78, 5) is 18.7. The minimum Gasteiger partial charge on any atom is -0.381 e. The van der Waals surface area contributed by atoms with Gasteiger partial charge in [0.25, 0.3) is 0 Å². The quantitative estimate of drug-likeness (QED) is 0.417. The molecule has 30 heavy (non-hydrogen) atoms. The van der Waals surface area contributed by atoms with Crippen molar-refractivity contribution in [2.45, 2.75) is 57.2 Å². The van der Waals surface area contributed by atoms with Gasteiger partial charge in [-0.1, -0.05) is 17.2 Å². The molecule has 162 valence electrons. The van der Waals surface area contributed by atoms with Crippen molar-refractivity contribution in [3.05, 3.63) is 39.8 Å². The van der Waals surface area contributed by atoms with E-state index in [1.165, 1.54) is 5.56 Å². The lowest BCUT2D eigenvalue weighted by Crippen LogP contribution is -2.47. The molecule has 0 spiro atoms. The van der Waals surface area contributed by atoms with Gasteiger partial charge >= 0.3 is 0 Å². The van der Waals surface area contributed by atoms with Gasteiger partial charge in [0.1, 0.15) is 0 Å². The Labute approximate surface area is 182 Å². The minimum atomic E-state index is -0.276. The SMILES string of the molecule is CSC[C@]1(C(=O)N2CCc3ccc(N=[N+]=[N-])cc3C2)CC[C@@H](NC2CCOCC2)C1. The van der Waals surface area contributed by atoms with Crippen molar-refractivity contribution in [2.75, 3.05) is 31.8 Å². The number of ether oxygens (including phenoxy) is 1. The molecule has 1 aromatic rings. The number of azide groups is 1. The molecule has 1 saturated carbocycles. The van der Waals surface area contributed by atoms with Crippen LogP contribution in [0.15, 0.2) is 23.3 Å². The Balaban J connectivity index is 1.46. The molecule has 1 aromatic carbocycles. The predicted molar refractivity (Wildman–Crippen MR) is 120 cm³/mol. The van der Waals surface area contributed by atoms with Crippen LogP contribution in [-0.2, 0) is 22.5 Å². The zero-order chi connectivity index (χ0) is 21.0. The van der Waals surface area contributed by atoms with Crippen molar-refractivity contribution >= 4 is 23.4 Å². The molecule has 1 N–H and O–H groups in total. The van der Waals surface area contributed by atoms with Gasteiger partial charge in [-0.15, -0.1) is 0 Å². The van der Waals surface area contributed by atoms with Gasteiger partial charge in [0.15, 0.2) is 0 Å².